The average molecular weight is 349 g/mol. The molecule has 1 aliphatic heterocycles. The molecule has 1 atom stereocenters. The van der Waals surface area contributed by atoms with Gasteiger partial charge in [0.2, 0.25) is 5.91 Å². The Kier molecular flexibility index (Phi) is 4.16. The number of nitrogens with one attached hydrogen (secondary N) is 1. The van der Waals surface area contributed by atoms with E-state index in [0.29, 0.717) is 13.0 Å². The SMILES string of the molecule is O=C(NN1C(=O)CN(Cc2ccccc2)C1=O)[C@@H]1CCc2ccccc21. The molecule has 0 aromatic heterocycles. The highest BCUT2D eigenvalue weighted by molar-refractivity contribution is 6.03. The molecule has 4 rings (SSSR count). The second-order valence-corrected chi connectivity index (χ2v) is 6.62. The van der Waals surface area contributed by atoms with Gasteiger partial charge in [-0.25, -0.2) is 4.79 Å². The molecule has 1 N–H and O–H groups in total. The zero-order valence-corrected chi connectivity index (χ0v) is 14.2. The summed E-state index contributed by atoms with van der Waals surface area (Å²) in [7, 11) is 0. The van der Waals surface area contributed by atoms with Crippen molar-refractivity contribution >= 4 is 17.8 Å². The Balaban J connectivity index is 1.44. The minimum absolute atomic E-state index is 0.0325. The van der Waals surface area contributed by atoms with Gasteiger partial charge in [-0.3, -0.25) is 15.0 Å². The minimum Gasteiger partial charge on any atom is -0.309 e. The highest BCUT2D eigenvalue weighted by Crippen LogP contribution is 2.33. The van der Waals surface area contributed by atoms with Gasteiger partial charge in [-0.05, 0) is 29.5 Å². The van der Waals surface area contributed by atoms with Gasteiger partial charge in [0.1, 0.15) is 6.54 Å². The summed E-state index contributed by atoms with van der Waals surface area (Å²) < 4.78 is 0. The fourth-order valence-electron chi connectivity index (χ4n) is 3.60. The van der Waals surface area contributed by atoms with Crippen molar-refractivity contribution in [3.8, 4) is 0 Å². The molecule has 1 fully saturated rings. The number of aryl methyl sites for hydroxylation is 1. The van der Waals surface area contributed by atoms with E-state index in [9.17, 15) is 14.4 Å². The van der Waals surface area contributed by atoms with E-state index in [2.05, 4.69) is 5.43 Å². The lowest BCUT2D eigenvalue weighted by Crippen LogP contribution is -2.48. The second-order valence-electron chi connectivity index (χ2n) is 6.62. The van der Waals surface area contributed by atoms with Crippen molar-refractivity contribution < 1.29 is 14.4 Å². The van der Waals surface area contributed by atoms with E-state index in [1.54, 1.807) is 0 Å². The molecule has 1 heterocycles. The van der Waals surface area contributed by atoms with Gasteiger partial charge in [-0.2, -0.15) is 5.01 Å². The van der Waals surface area contributed by atoms with Crippen LogP contribution in [0.4, 0.5) is 4.79 Å². The van der Waals surface area contributed by atoms with Gasteiger partial charge in [-0.1, -0.05) is 54.6 Å². The van der Waals surface area contributed by atoms with Crippen LogP contribution in [0, 0.1) is 0 Å². The van der Waals surface area contributed by atoms with E-state index >= 15 is 0 Å². The van der Waals surface area contributed by atoms with E-state index in [4.69, 9.17) is 0 Å². The van der Waals surface area contributed by atoms with Crippen molar-refractivity contribution in [3.63, 3.8) is 0 Å². The molecule has 2 aromatic carbocycles. The van der Waals surface area contributed by atoms with Gasteiger partial charge in [0.05, 0.1) is 5.92 Å². The average Bonchev–Trinajstić information content (AvgIpc) is 3.19. The van der Waals surface area contributed by atoms with Gasteiger partial charge in [-0.15, -0.1) is 0 Å². The molecule has 0 unspecified atom stereocenters. The van der Waals surface area contributed by atoms with E-state index in [0.717, 1.165) is 28.1 Å². The molecule has 6 heteroatoms. The summed E-state index contributed by atoms with van der Waals surface area (Å²) in [6.07, 6.45) is 1.52. The predicted octanol–water partition coefficient (Wildman–Crippen LogP) is 2.21. The first-order chi connectivity index (χ1) is 12.6. The Bertz CT molecular complexity index is 866. The van der Waals surface area contributed by atoms with Crippen molar-refractivity contribution in [2.75, 3.05) is 6.54 Å². The molecule has 1 saturated heterocycles. The molecule has 0 bridgehead atoms. The minimum atomic E-state index is -0.488. The third-order valence-corrected chi connectivity index (χ3v) is 4.92. The smallest absolute Gasteiger partial charge is 0.309 e. The molecule has 132 valence electrons. The van der Waals surface area contributed by atoms with E-state index < -0.39 is 11.9 Å². The van der Waals surface area contributed by atoms with Crippen LogP contribution < -0.4 is 5.43 Å². The number of benzene rings is 2. The van der Waals surface area contributed by atoms with Crippen molar-refractivity contribution in [1.29, 1.82) is 0 Å². The van der Waals surface area contributed by atoms with Crippen molar-refractivity contribution in [3.05, 3.63) is 71.3 Å². The van der Waals surface area contributed by atoms with Crippen LogP contribution in [-0.2, 0) is 22.6 Å². The topological polar surface area (TPSA) is 69.7 Å². The maximum atomic E-state index is 12.6. The maximum Gasteiger partial charge on any atom is 0.346 e. The molecule has 0 spiro atoms. The number of carbonyl (C=O) groups is 3. The van der Waals surface area contributed by atoms with Crippen LogP contribution in [-0.4, -0.2) is 34.3 Å². The van der Waals surface area contributed by atoms with Gasteiger partial charge in [0.25, 0.3) is 5.91 Å². The Morgan fingerprint density at radius 1 is 1.04 bits per heavy atom. The zero-order valence-electron chi connectivity index (χ0n) is 14.2. The second kappa shape index (κ2) is 6.63. The van der Waals surface area contributed by atoms with Crippen LogP contribution in [0.1, 0.15) is 29.0 Å². The number of fused-ring (bicyclic) bond motifs is 1. The fraction of sp³-hybridized carbons (Fsp3) is 0.250. The van der Waals surface area contributed by atoms with Crippen molar-refractivity contribution in [2.24, 2.45) is 0 Å². The Morgan fingerprint density at radius 2 is 1.77 bits per heavy atom. The van der Waals surface area contributed by atoms with Gasteiger partial charge >= 0.3 is 6.03 Å². The van der Waals surface area contributed by atoms with Crippen molar-refractivity contribution in [2.45, 2.75) is 25.3 Å². The zero-order chi connectivity index (χ0) is 18.1. The summed E-state index contributed by atoms with van der Waals surface area (Å²) in [4.78, 5) is 38.8. The molecule has 1 aliphatic carbocycles. The lowest BCUT2D eigenvalue weighted by molar-refractivity contribution is -0.135. The largest absolute Gasteiger partial charge is 0.346 e. The van der Waals surface area contributed by atoms with E-state index in [1.165, 1.54) is 4.90 Å². The van der Waals surface area contributed by atoms with Crippen LogP contribution in [0.5, 0.6) is 0 Å². The summed E-state index contributed by atoms with van der Waals surface area (Å²) in [5.74, 6) is -1.04. The van der Waals surface area contributed by atoms with Crippen LogP contribution in [0.15, 0.2) is 54.6 Å². The molecule has 6 nitrogen and oxygen atoms in total. The highest BCUT2D eigenvalue weighted by Gasteiger charge is 2.39. The van der Waals surface area contributed by atoms with Crippen LogP contribution in [0.25, 0.3) is 0 Å². The molecule has 2 aliphatic rings. The van der Waals surface area contributed by atoms with Gasteiger partial charge in [0, 0.05) is 6.54 Å². The Morgan fingerprint density at radius 3 is 2.58 bits per heavy atom. The number of urea groups is 1. The first-order valence-corrected chi connectivity index (χ1v) is 8.67. The number of amides is 4. The number of hydrogen-bond donors (Lipinski definition) is 1. The lowest BCUT2D eigenvalue weighted by atomic mass is 10.0. The lowest BCUT2D eigenvalue weighted by Gasteiger charge is -2.20. The number of hydrazine groups is 1. The van der Waals surface area contributed by atoms with Crippen molar-refractivity contribution in [1.82, 2.24) is 15.3 Å². The van der Waals surface area contributed by atoms with Crippen LogP contribution in [0.2, 0.25) is 0 Å². The van der Waals surface area contributed by atoms with Crippen LogP contribution in [0.3, 0.4) is 0 Å². The van der Waals surface area contributed by atoms with E-state index in [1.807, 2.05) is 54.6 Å². The normalized spacial score (nSPS) is 19.0. The number of carbonyl (C=O) groups excluding carboxylic acids is 3. The molecular formula is C20H19N3O3. The quantitative estimate of drug-likeness (QED) is 0.861. The maximum absolute atomic E-state index is 12.6. The first-order valence-electron chi connectivity index (χ1n) is 8.67. The summed E-state index contributed by atoms with van der Waals surface area (Å²) >= 11 is 0. The summed E-state index contributed by atoms with van der Waals surface area (Å²) in [6, 6.07) is 16.8. The monoisotopic (exact) mass is 349 g/mol. The van der Waals surface area contributed by atoms with E-state index in [-0.39, 0.29) is 18.4 Å². The number of rotatable bonds is 4. The molecule has 26 heavy (non-hydrogen) atoms. The summed E-state index contributed by atoms with van der Waals surface area (Å²) in [5.41, 5.74) is 5.59. The molecular weight excluding hydrogens is 330 g/mol. The summed E-state index contributed by atoms with van der Waals surface area (Å²) in [5, 5.41) is 0.853. The number of nitrogens with zero attached hydrogens (tertiary/aromatic N) is 2. The number of hydrogen-bond acceptors (Lipinski definition) is 3. The third kappa shape index (κ3) is 2.94. The van der Waals surface area contributed by atoms with Crippen LogP contribution >= 0.6 is 0 Å². The first kappa shape index (κ1) is 16.3. The third-order valence-electron chi connectivity index (χ3n) is 4.92. The van der Waals surface area contributed by atoms with Gasteiger partial charge in [0.15, 0.2) is 0 Å². The molecule has 4 amide bonds. The fourth-order valence-corrected chi connectivity index (χ4v) is 3.60. The predicted molar refractivity (Wildman–Crippen MR) is 94.7 cm³/mol. The molecule has 0 radical (unpaired) electrons. The Labute approximate surface area is 151 Å². The highest BCUT2D eigenvalue weighted by atomic mass is 16.2. The standard InChI is InChI=1S/C20H19N3O3/c24-18-13-22(12-14-6-2-1-3-7-14)20(26)23(18)21-19(25)17-11-10-15-8-4-5-9-16(15)17/h1-9,17H,10-13H2,(H,21,25)/t17-/m1/s1. The summed E-state index contributed by atoms with van der Waals surface area (Å²) in [6.45, 7) is 0.305. The molecule has 0 saturated carbocycles. The Hall–Kier alpha value is -3.15. The molecule has 2 aromatic rings. The van der Waals surface area contributed by atoms with Gasteiger partial charge < -0.3 is 4.90 Å². The number of imide groups is 1.